The third kappa shape index (κ3) is 4.77. The van der Waals surface area contributed by atoms with Crippen LogP contribution in [0.2, 0.25) is 0 Å². The second-order valence-electron chi connectivity index (χ2n) is 5.48. The number of hydrogen-bond donors (Lipinski definition) is 2. The second-order valence-corrected chi connectivity index (χ2v) is 5.48. The lowest BCUT2D eigenvalue weighted by atomic mass is 9.91. The molecule has 1 fully saturated rings. The number of non-ortho nitro benzene ring substituents is 1. The smallest absolute Gasteiger partial charge is 0.430 e. The number of β-lactam (4-membered cyclic amide) rings is 1. The van der Waals surface area contributed by atoms with Gasteiger partial charge in [0, 0.05) is 24.3 Å². The van der Waals surface area contributed by atoms with Gasteiger partial charge >= 0.3 is 6.16 Å². The molecule has 1 amide bonds. The predicted molar refractivity (Wildman–Crippen MR) is 85.6 cm³/mol. The highest BCUT2D eigenvalue weighted by Crippen LogP contribution is 2.21. The molecular weight excluding hydrogens is 332 g/mol. The van der Waals surface area contributed by atoms with E-state index in [1.807, 2.05) is 0 Å². The molecule has 9 nitrogen and oxygen atoms in total. The van der Waals surface area contributed by atoms with Crippen LogP contribution >= 0.6 is 0 Å². The fourth-order valence-electron chi connectivity index (χ4n) is 2.37. The van der Waals surface area contributed by atoms with E-state index in [1.54, 1.807) is 6.92 Å². The van der Waals surface area contributed by atoms with Crippen LogP contribution in [0.25, 0.3) is 0 Å². The molecule has 1 aromatic carbocycles. The summed E-state index contributed by atoms with van der Waals surface area (Å²) in [5.74, 6) is -0.237. The highest BCUT2D eigenvalue weighted by atomic mass is 16.7. The molecule has 1 saturated heterocycles. The fourth-order valence-corrected chi connectivity index (χ4v) is 2.37. The van der Waals surface area contributed by atoms with Crippen molar-refractivity contribution in [1.29, 1.82) is 0 Å². The Labute approximate surface area is 143 Å². The van der Waals surface area contributed by atoms with Gasteiger partial charge in [-0.1, -0.05) is 0 Å². The Hall–Kier alpha value is -2.94. The lowest BCUT2D eigenvalue weighted by molar-refractivity contribution is -0.384. The van der Waals surface area contributed by atoms with Crippen molar-refractivity contribution in [2.24, 2.45) is 0 Å². The van der Waals surface area contributed by atoms with Gasteiger partial charge in [0.1, 0.15) is 13.2 Å². The number of hydrogen-bond acceptors (Lipinski definition) is 7. The van der Waals surface area contributed by atoms with Gasteiger partial charge < -0.3 is 19.9 Å². The Morgan fingerprint density at radius 3 is 2.56 bits per heavy atom. The summed E-state index contributed by atoms with van der Waals surface area (Å²) in [4.78, 5) is 33.2. The summed E-state index contributed by atoms with van der Waals surface area (Å²) in [6.45, 7) is 1.44. The third-order valence-electron chi connectivity index (χ3n) is 3.69. The predicted octanol–water partition coefficient (Wildman–Crippen LogP) is 1.45. The lowest BCUT2D eigenvalue weighted by Gasteiger charge is -2.31. The maximum absolute atomic E-state index is 11.6. The van der Waals surface area contributed by atoms with Crippen LogP contribution in [0, 0.1) is 10.1 Å². The number of aliphatic hydroxyl groups is 1. The number of nitro groups is 1. The highest BCUT2D eigenvalue weighted by molar-refractivity contribution is 6.02. The molecule has 1 atom stereocenters. The van der Waals surface area contributed by atoms with Crippen LogP contribution in [-0.4, -0.2) is 41.3 Å². The van der Waals surface area contributed by atoms with E-state index in [0.717, 1.165) is 0 Å². The Kier molecular flexibility index (Phi) is 6.07. The molecular formula is C16H18N2O7. The number of nitrogens with one attached hydrogen (secondary N) is 1. The van der Waals surface area contributed by atoms with Crippen LogP contribution < -0.4 is 5.32 Å². The number of rotatable bonds is 7. The van der Waals surface area contributed by atoms with Gasteiger partial charge in [0.25, 0.3) is 5.69 Å². The molecule has 0 unspecified atom stereocenters. The topological polar surface area (TPSA) is 128 Å². The summed E-state index contributed by atoms with van der Waals surface area (Å²) in [5, 5.41) is 22.1. The highest BCUT2D eigenvalue weighted by Gasteiger charge is 2.33. The molecule has 0 aliphatic carbocycles. The minimum absolute atomic E-state index is 0.0511. The van der Waals surface area contributed by atoms with Gasteiger partial charge in [-0.3, -0.25) is 14.9 Å². The van der Waals surface area contributed by atoms with E-state index in [2.05, 4.69) is 5.32 Å². The van der Waals surface area contributed by atoms with Gasteiger partial charge in [-0.25, -0.2) is 4.79 Å². The van der Waals surface area contributed by atoms with E-state index in [-0.39, 0.29) is 37.5 Å². The molecule has 0 saturated carbocycles. The van der Waals surface area contributed by atoms with Gasteiger partial charge in [-0.05, 0) is 36.6 Å². The maximum atomic E-state index is 11.6. The Morgan fingerprint density at radius 1 is 1.32 bits per heavy atom. The number of benzene rings is 1. The summed E-state index contributed by atoms with van der Waals surface area (Å²) in [7, 11) is 0. The van der Waals surface area contributed by atoms with Crippen molar-refractivity contribution in [1.82, 2.24) is 5.32 Å². The summed E-state index contributed by atoms with van der Waals surface area (Å²) in [6.07, 6.45) is -0.500. The number of amides is 1. The van der Waals surface area contributed by atoms with Crippen molar-refractivity contribution in [2.45, 2.75) is 26.0 Å². The maximum Gasteiger partial charge on any atom is 0.508 e. The molecule has 2 rings (SSSR count). The van der Waals surface area contributed by atoms with Gasteiger partial charge in [0.15, 0.2) is 0 Å². The number of nitrogens with zero attached hydrogens (tertiary/aromatic N) is 1. The summed E-state index contributed by atoms with van der Waals surface area (Å²) < 4.78 is 9.87. The van der Waals surface area contributed by atoms with E-state index in [1.165, 1.54) is 24.3 Å². The first kappa shape index (κ1) is 18.4. The minimum Gasteiger partial charge on any atom is -0.430 e. The van der Waals surface area contributed by atoms with E-state index < -0.39 is 11.1 Å². The van der Waals surface area contributed by atoms with Gasteiger partial charge in [-0.15, -0.1) is 0 Å². The zero-order valence-corrected chi connectivity index (χ0v) is 13.6. The van der Waals surface area contributed by atoms with Crippen LogP contribution in [0.3, 0.4) is 0 Å². The zero-order valence-electron chi connectivity index (χ0n) is 13.6. The molecule has 2 N–H and O–H groups in total. The van der Waals surface area contributed by atoms with Crippen molar-refractivity contribution < 1.29 is 29.1 Å². The zero-order chi connectivity index (χ0) is 18.4. The fraction of sp³-hybridized carbons (Fsp3) is 0.375. The van der Waals surface area contributed by atoms with E-state index in [9.17, 15) is 19.7 Å². The molecule has 9 heteroatoms. The van der Waals surface area contributed by atoms with E-state index >= 15 is 0 Å². The van der Waals surface area contributed by atoms with Crippen molar-refractivity contribution in [3.8, 4) is 0 Å². The number of ether oxygens (including phenoxy) is 2. The summed E-state index contributed by atoms with van der Waals surface area (Å²) in [5.41, 5.74) is 1.63. The number of aliphatic hydroxyl groups excluding tert-OH is 1. The Balaban J connectivity index is 1.80. The van der Waals surface area contributed by atoms with Crippen molar-refractivity contribution in [3.63, 3.8) is 0 Å². The van der Waals surface area contributed by atoms with Crippen LogP contribution in [0.15, 0.2) is 35.4 Å². The first-order valence-electron chi connectivity index (χ1n) is 7.56. The van der Waals surface area contributed by atoms with E-state index in [0.29, 0.717) is 23.1 Å². The second kappa shape index (κ2) is 8.25. The van der Waals surface area contributed by atoms with Crippen molar-refractivity contribution >= 4 is 17.7 Å². The largest absolute Gasteiger partial charge is 0.508 e. The number of nitro benzene ring substituents is 1. The van der Waals surface area contributed by atoms with Crippen LogP contribution in [0.5, 0.6) is 0 Å². The third-order valence-corrected chi connectivity index (χ3v) is 3.69. The molecule has 1 aliphatic rings. The average Bonchev–Trinajstić information content (AvgIpc) is 2.58. The number of carbonyl (C=O) groups excluding carboxylic acids is 2. The standard InChI is InChI=1S/C16H18N2O7/c1-10(14-13(6-7-19)17-15(14)20)8-24-16(21)25-9-11-2-4-12(5-3-11)18(22)23/h2-5,13,19H,6-9H2,1H3,(H,17,20)/b14-10+/t13-/m1/s1. The molecule has 0 aromatic heterocycles. The molecule has 25 heavy (non-hydrogen) atoms. The first-order chi connectivity index (χ1) is 11.9. The monoisotopic (exact) mass is 350 g/mol. The first-order valence-corrected chi connectivity index (χ1v) is 7.56. The molecule has 0 spiro atoms. The lowest BCUT2D eigenvalue weighted by Crippen LogP contribution is -2.52. The molecule has 134 valence electrons. The molecule has 1 aromatic rings. The van der Waals surface area contributed by atoms with Crippen LogP contribution in [0.1, 0.15) is 18.9 Å². The Bertz CT molecular complexity index is 697. The van der Waals surface area contributed by atoms with Gasteiger partial charge in [-0.2, -0.15) is 0 Å². The molecule has 0 bridgehead atoms. The minimum atomic E-state index is -0.906. The van der Waals surface area contributed by atoms with Crippen molar-refractivity contribution in [3.05, 3.63) is 51.1 Å². The van der Waals surface area contributed by atoms with Gasteiger partial charge in [0.05, 0.1) is 11.0 Å². The SMILES string of the molecule is C/C(COC(=O)OCc1ccc([N+](=O)[O-])cc1)=C1\C(=O)N[C@@H]1CCO. The molecule has 1 aliphatic heterocycles. The quantitative estimate of drug-likeness (QED) is 0.250. The van der Waals surface area contributed by atoms with Crippen molar-refractivity contribution in [2.75, 3.05) is 13.2 Å². The van der Waals surface area contributed by atoms with Gasteiger partial charge in [0.2, 0.25) is 5.91 Å². The molecule has 1 heterocycles. The summed E-state index contributed by atoms with van der Waals surface area (Å²) >= 11 is 0. The van der Waals surface area contributed by atoms with E-state index in [4.69, 9.17) is 14.6 Å². The normalized spacial score (nSPS) is 18.0. The Morgan fingerprint density at radius 2 is 2.00 bits per heavy atom. The summed E-state index contributed by atoms with van der Waals surface area (Å²) in [6, 6.07) is 5.37. The molecule has 0 radical (unpaired) electrons. The average molecular weight is 350 g/mol. The number of carbonyl (C=O) groups is 2. The van der Waals surface area contributed by atoms with Crippen LogP contribution in [-0.2, 0) is 20.9 Å². The van der Waals surface area contributed by atoms with Crippen LogP contribution in [0.4, 0.5) is 10.5 Å².